The van der Waals surface area contributed by atoms with Crippen molar-refractivity contribution in [2.24, 2.45) is 5.92 Å². The number of nitrogens with zero attached hydrogens (tertiary/aromatic N) is 9. The maximum Gasteiger partial charge on any atom is 0.318 e. The van der Waals surface area contributed by atoms with E-state index in [0.717, 1.165) is 23.6 Å². The number of fused-ring (bicyclic) bond motifs is 4. The van der Waals surface area contributed by atoms with Gasteiger partial charge in [0.2, 0.25) is 5.91 Å². The van der Waals surface area contributed by atoms with Crippen LogP contribution in [0.3, 0.4) is 0 Å². The summed E-state index contributed by atoms with van der Waals surface area (Å²) in [4.78, 5) is 37.5. The van der Waals surface area contributed by atoms with Crippen LogP contribution in [-0.4, -0.2) is 132 Å². The second-order valence-corrected chi connectivity index (χ2v) is 17.1. The summed E-state index contributed by atoms with van der Waals surface area (Å²) in [6.07, 6.45) is 8.48. The van der Waals surface area contributed by atoms with Gasteiger partial charge in [-0.05, 0) is 50.1 Å². The summed E-state index contributed by atoms with van der Waals surface area (Å²) in [6, 6.07) is 8.54. The number of terminal acetylenes is 1. The number of carbonyl (C=O) groups excluding carboxylic acids is 1. The van der Waals surface area contributed by atoms with Gasteiger partial charge in [0.05, 0.1) is 96.4 Å². The summed E-state index contributed by atoms with van der Waals surface area (Å²) in [5.74, 6) is 3.17. The van der Waals surface area contributed by atoms with Gasteiger partial charge in [-0.2, -0.15) is 15.2 Å². The van der Waals surface area contributed by atoms with Crippen LogP contribution >= 0.6 is 0 Å². The summed E-state index contributed by atoms with van der Waals surface area (Å²) >= 11 is 0. The number of anilines is 4. The van der Waals surface area contributed by atoms with E-state index in [1.54, 1.807) is 17.2 Å². The van der Waals surface area contributed by atoms with Gasteiger partial charge in [0, 0.05) is 45.4 Å². The van der Waals surface area contributed by atoms with Crippen LogP contribution in [0.5, 0.6) is 11.8 Å². The van der Waals surface area contributed by atoms with Crippen molar-refractivity contribution in [1.29, 1.82) is 5.26 Å². The van der Waals surface area contributed by atoms with Crippen LogP contribution in [0.2, 0.25) is 0 Å². The first-order valence-electron chi connectivity index (χ1n) is 20.7. The molecule has 8 heterocycles. The van der Waals surface area contributed by atoms with Gasteiger partial charge < -0.3 is 43.8 Å². The van der Waals surface area contributed by atoms with E-state index >= 15 is 8.78 Å². The molecule has 16 heteroatoms. The highest BCUT2D eigenvalue weighted by atomic mass is 19.1. The standard InChI is InChI=1S/C44H49F2N9O5/c1-5-34-35(46)9-7-27-14-33(56)21-53(40(27)34)32-15-36-41(59-24-32)42(51-20-31-13-28(17-47)37(22-51)55(31)39(57)6-2)50-43(49-36)60-25-44(4)16-29(45)19-54(44)30-8-10-38(48-18-30)52-11-12-58-23-26(52)3/h1,6-10,18,26,28-29,31-33,37,56H,2,11-16,19-25H2,3-4H3/t26-,28?,29-,31-,32+,33-,37-,44+/m1/s1. The van der Waals surface area contributed by atoms with Crippen molar-refractivity contribution in [1.82, 2.24) is 19.9 Å². The maximum atomic E-state index is 15.4. The molecule has 0 aliphatic carbocycles. The van der Waals surface area contributed by atoms with Crippen molar-refractivity contribution >= 4 is 28.9 Å². The summed E-state index contributed by atoms with van der Waals surface area (Å²) in [6.45, 7) is 11.1. The molecule has 2 bridgehead atoms. The zero-order chi connectivity index (χ0) is 41.9. The first-order valence-corrected chi connectivity index (χ1v) is 20.7. The number of benzene rings is 1. The second kappa shape index (κ2) is 15.7. The van der Waals surface area contributed by atoms with Crippen molar-refractivity contribution in [2.45, 2.75) is 81.5 Å². The quantitative estimate of drug-likeness (QED) is 0.262. The predicted octanol–water partition coefficient (Wildman–Crippen LogP) is 3.45. The number of hydrogen-bond donors (Lipinski definition) is 1. The molecule has 4 saturated heterocycles. The number of hydrogen-bond acceptors (Lipinski definition) is 13. The first kappa shape index (κ1) is 39.7. The lowest BCUT2D eigenvalue weighted by Crippen LogP contribution is -2.56. The third-order valence-electron chi connectivity index (χ3n) is 13.1. The molecule has 6 aliphatic rings. The lowest BCUT2D eigenvalue weighted by molar-refractivity contribution is -0.129. The summed E-state index contributed by atoms with van der Waals surface area (Å²) in [5, 5.41) is 21.0. The Morgan fingerprint density at radius 1 is 1.15 bits per heavy atom. The molecule has 14 nitrogen and oxygen atoms in total. The van der Waals surface area contributed by atoms with Crippen molar-refractivity contribution in [3.63, 3.8) is 0 Å². The summed E-state index contributed by atoms with van der Waals surface area (Å²) < 4.78 is 49.2. The highest BCUT2D eigenvalue weighted by Gasteiger charge is 2.50. The molecule has 0 spiro atoms. The molecule has 314 valence electrons. The van der Waals surface area contributed by atoms with Crippen molar-refractivity contribution in [3.8, 4) is 30.2 Å². The Labute approximate surface area is 348 Å². The third kappa shape index (κ3) is 6.99. The van der Waals surface area contributed by atoms with Gasteiger partial charge in [-0.25, -0.2) is 13.8 Å². The van der Waals surface area contributed by atoms with Gasteiger partial charge in [-0.1, -0.05) is 18.6 Å². The zero-order valence-electron chi connectivity index (χ0n) is 33.8. The number of aliphatic hydroxyl groups is 1. The number of rotatable bonds is 8. The van der Waals surface area contributed by atoms with E-state index in [0.29, 0.717) is 68.5 Å². The number of β-amino-alcohol motifs (C(OH)–C–C–N with tert-alkyl or cyclic N) is 1. The number of aliphatic hydroxyl groups excluding tert-OH is 1. The van der Waals surface area contributed by atoms with Crippen LogP contribution in [0.1, 0.15) is 43.5 Å². The van der Waals surface area contributed by atoms with E-state index in [4.69, 9.17) is 35.6 Å². The largest absolute Gasteiger partial charge is 0.486 e. The summed E-state index contributed by atoms with van der Waals surface area (Å²) in [7, 11) is 0. The Morgan fingerprint density at radius 3 is 2.75 bits per heavy atom. The molecule has 0 saturated carbocycles. The van der Waals surface area contributed by atoms with Crippen molar-refractivity contribution < 1.29 is 32.9 Å². The van der Waals surface area contributed by atoms with Crippen LogP contribution < -0.4 is 29.1 Å². The molecule has 1 amide bonds. The van der Waals surface area contributed by atoms with Gasteiger partial charge >= 0.3 is 6.01 Å². The number of nitriles is 1. The van der Waals surface area contributed by atoms with Crippen molar-refractivity contribution in [3.05, 3.63) is 65.8 Å². The van der Waals surface area contributed by atoms with Gasteiger partial charge in [-0.15, -0.1) is 6.42 Å². The van der Waals surface area contributed by atoms with Crippen LogP contribution in [0.4, 0.5) is 31.8 Å². The van der Waals surface area contributed by atoms with Crippen LogP contribution in [0.15, 0.2) is 43.1 Å². The Morgan fingerprint density at radius 2 is 2.00 bits per heavy atom. The predicted molar refractivity (Wildman–Crippen MR) is 220 cm³/mol. The minimum absolute atomic E-state index is 0.0536. The molecule has 6 aliphatic heterocycles. The van der Waals surface area contributed by atoms with E-state index in [-0.39, 0.29) is 74.2 Å². The monoisotopic (exact) mass is 821 g/mol. The molecule has 9 rings (SSSR count). The number of halogens is 2. The number of carbonyl (C=O) groups is 1. The fraction of sp³-hybridized carbons (Fsp3) is 0.523. The average Bonchev–Trinajstić information content (AvgIpc) is 3.68. The average molecular weight is 822 g/mol. The Kier molecular flexibility index (Phi) is 10.4. The van der Waals surface area contributed by atoms with Crippen LogP contribution in [-0.2, 0) is 22.4 Å². The van der Waals surface area contributed by atoms with E-state index in [9.17, 15) is 15.2 Å². The molecule has 1 aromatic carbocycles. The molecule has 3 aromatic rings. The number of amides is 1. The fourth-order valence-corrected chi connectivity index (χ4v) is 10.2. The molecule has 60 heavy (non-hydrogen) atoms. The van der Waals surface area contributed by atoms with Gasteiger partial charge in [0.1, 0.15) is 31.0 Å². The number of alkyl halides is 1. The number of morpholine rings is 1. The minimum atomic E-state index is -1.11. The normalized spacial score (nSPS) is 29.6. The zero-order valence-corrected chi connectivity index (χ0v) is 33.8. The highest BCUT2D eigenvalue weighted by Crippen LogP contribution is 2.44. The maximum absolute atomic E-state index is 15.4. The van der Waals surface area contributed by atoms with E-state index < -0.39 is 29.7 Å². The number of pyridine rings is 1. The van der Waals surface area contributed by atoms with Crippen molar-refractivity contribution in [2.75, 3.05) is 78.8 Å². The molecule has 1 unspecified atom stereocenters. The third-order valence-corrected chi connectivity index (χ3v) is 13.1. The number of aromatic nitrogens is 3. The molecule has 8 atom stereocenters. The van der Waals surface area contributed by atoms with Gasteiger partial charge in [0.15, 0.2) is 11.6 Å². The molecule has 1 N–H and O–H groups in total. The second-order valence-electron chi connectivity index (χ2n) is 17.1. The Balaban J connectivity index is 1.03. The lowest BCUT2D eigenvalue weighted by atomic mass is 9.93. The Hall–Kier alpha value is -5.71. The smallest absolute Gasteiger partial charge is 0.318 e. The molecule has 4 fully saturated rings. The first-order chi connectivity index (χ1) is 29.0. The molecular weight excluding hydrogens is 773 g/mol. The van der Waals surface area contributed by atoms with E-state index in [2.05, 4.69) is 30.4 Å². The number of ether oxygens (including phenoxy) is 3. The minimum Gasteiger partial charge on any atom is -0.486 e. The molecule has 0 radical (unpaired) electrons. The SMILES string of the molecule is C#Cc1c(F)ccc2c1N([C@@H]1COc3c(nc(OC[C@]4(C)C[C@@H](F)CN4c4ccc(N5CCOC[C@H]5C)nc4)nc3N3C[C@H]4CC(C#N)[C@@H](C3)N4C(=O)C=C)C1)C[C@H](O)C2. The van der Waals surface area contributed by atoms with E-state index in [1.807, 2.05) is 33.8 Å². The highest BCUT2D eigenvalue weighted by molar-refractivity contribution is 5.88. The Bertz CT molecular complexity index is 2250. The van der Waals surface area contributed by atoms with Crippen LogP contribution in [0.25, 0.3) is 0 Å². The fourth-order valence-electron chi connectivity index (χ4n) is 10.2. The molecule has 2 aromatic heterocycles. The lowest BCUT2D eigenvalue weighted by Gasteiger charge is -2.44. The van der Waals surface area contributed by atoms with E-state index in [1.165, 1.54) is 12.1 Å². The van der Waals surface area contributed by atoms with Gasteiger partial charge in [-0.3, -0.25) is 4.79 Å². The summed E-state index contributed by atoms with van der Waals surface area (Å²) in [5.41, 5.74) is 1.96. The van der Waals surface area contributed by atoms with Gasteiger partial charge in [0.25, 0.3) is 0 Å². The topological polar surface area (TPSA) is 144 Å². The molecular formula is C44H49F2N9O5. The van der Waals surface area contributed by atoms with Crippen LogP contribution in [0, 0.1) is 35.4 Å². The number of piperazine rings is 1.